The molecule has 0 atom stereocenters. The first-order valence-corrected chi connectivity index (χ1v) is 9.72. The fourth-order valence-electron chi connectivity index (χ4n) is 3.13. The number of halogens is 4. The van der Waals surface area contributed by atoms with Gasteiger partial charge in [-0.2, -0.15) is 18.4 Å². The zero-order chi connectivity index (χ0) is 24.0. The maximum absolute atomic E-state index is 14.2. The van der Waals surface area contributed by atoms with Gasteiger partial charge < -0.3 is 10.1 Å². The van der Waals surface area contributed by atoms with Crippen molar-refractivity contribution in [2.75, 3.05) is 12.4 Å². The van der Waals surface area contributed by atoms with Crippen molar-refractivity contribution < 1.29 is 27.1 Å². The third-order valence-electron chi connectivity index (χ3n) is 4.80. The van der Waals surface area contributed by atoms with Crippen molar-refractivity contribution in [3.8, 4) is 11.8 Å². The van der Waals surface area contributed by atoms with Crippen LogP contribution < -0.4 is 10.1 Å². The quantitative estimate of drug-likeness (QED) is 0.283. The Morgan fingerprint density at radius 2 is 1.82 bits per heavy atom. The van der Waals surface area contributed by atoms with E-state index >= 15 is 0 Å². The second-order valence-corrected chi connectivity index (χ2v) is 7.04. The lowest BCUT2D eigenvalue weighted by Gasteiger charge is -2.11. The summed E-state index contributed by atoms with van der Waals surface area (Å²) < 4.78 is 58.1. The van der Waals surface area contributed by atoms with Gasteiger partial charge in [0.25, 0.3) is 5.91 Å². The Bertz CT molecular complexity index is 1240. The number of hydrogen-bond donors (Lipinski definition) is 1. The van der Waals surface area contributed by atoms with E-state index < -0.39 is 23.5 Å². The zero-order valence-corrected chi connectivity index (χ0v) is 17.4. The Hall–Kier alpha value is -4.12. The van der Waals surface area contributed by atoms with E-state index in [0.717, 1.165) is 18.2 Å². The number of carbonyl (C=O) groups is 1. The number of carbonyl (C=O) groups excluding carboxylic acids is 1. The van der Waals surface area contributed by atoms with Crippen molar-refractivity contribution in [2.24, 2.45) is 0 Å². The highest BCUT2D eigenvalue weighted by atomic mass is 19.4. The number of rotatable bonds is 6. The first-order chi connectivity index (χ1) is 15.7. The number of nitrogens with zero attached hydrogens (tertiary/aromatic N) is 1. The first-order valence-electron chi connectivity index (χ1n) is 9.72. The van der Waals surface area contributed by atoms with Crippen LogP contribution in [-0.4, -0.2) is 13.0 Å². The van der Waals surface area contributed by atoms with Crippen LogP contribution in [0.1, 0.15) is 22.3 Å². The van der Waals surface area contributed by atoms with E-state index in [0.29, 0.717) is 22.4 Å². The number of methoxy groups -OCH3 is 1. The molecule has 1 N–H and O–H groups in total. The van der Waals surface area contributed by atoms with E-state index in [2.05, 4.69) is 5.32 Å². The van der Waals surface area contributed by atoms with E-state index in [-0.39, 0.29) is 17.7 Å². The van der Waals surface area contributed by atoms with E-state index in [1.54, 1.807) is 42.5 Å². The Morgan fingerprint density at radius 1 is 1.06 bits per heavy atom. The fraction of sp³-hybridized carbons (Fsp3) is 0.120. The van der Waals surface area contributed by atoms with Crippen molar-refractivity contribution in [1.29, 1.82) is 5.26 Å². The molecule has 0 bridgehead atoms. The van der Waals surface area contributed by atoms with Crippen LogP contribution in [0.15, 0.2) is 72.3 Å². The molecule has 0 fully saturated rings. The molecule has 168 valence electrons. The Labute approximate surface area is 187 Å². The van der Waals surface area contributed by atoms with Crippen LogP contribution in [0.25, 0.3) is 6.08 Å². The second kappa shape index (κ2) is 10.0. The molecular weight excluding hydrogens is 436 g/mol. The summed E-state index contributed by atoms with van der Waals surface area (Å²) in [7, 11) is 1.47. The SMILES string of the molecule is COc1ccc(/C=C(\C#N)C(=O)Nc2cccc(C(F)(F)F)c2)c(Cc2ccccc2F)c1. The third-order valence-corrected chi connectivity index (χ3v) is 4.80. The Kier molecular flexibility index (Phi) is 7.13. The number of anilines is 1. The van der Waals surface area contributed by atoms with Crippen molar-refractivity contribution in [1.82, 2.24) is 0 Å². The minimum absolute atomic E-state index is 0.0997. The van der Waals surface area contributed by atoms with Gasteiger partial charge in [0.2, 0.25) is 0 Å². The summed E-state index contributed by atoms with van der Waals surface area (Å²) in [6, 6.07) is 17.0. The van der Waals surface area contributed by atoms with Crippen LogP contribution in [0.3, 0.4) is 0 Å². The third kappa shape index (κ3) is 5.98. The van der Waals surface area contributed by atoms with Crippen molar-refractivity contribution >= 4 is 17.7 Å². The standard InChI is InChI=1S/C25H18F4N2O2/c1-33-22-10-9-16(18(13-22)12-17-5-2-3-8-23(17)26)11-19(15-30)24(32)31-21-7-4-6-20(14-21)25(27,28)29/h2-11,13-14H,12H2,1H3,(H,31,32)/b19-11+. The molecule has 3 rings (SSSR count). The fourth-order valence-corrected chi connectivity index (χ4v) is 3.13. The summed E-state index contributed by atoms with van der Waals surface area (Å²) in [5.74, 6) is -0.770. The van der Waals surface area contributed by atoms with Crippen molar-refractivity contribution in [2.45, 2.75) is 12.6 Å². The summed E-state index contributed by atoms with van der Waals surface area (Å²) in [6.07, 6.45) is -3.10. The number of nitrogens with one attached hydrogen (secondary N) is 1. The molecule has 0 aliphatic heterocycles. The van der Waals surface area contributed by atoms with Crippen LogP contribution in [-0.2, 0) is 17.4 Å². The molecule has 0 spiro atoms. The number of nitriles is 1. The van der Waals surface area contributed by atoms with Crippen LogP contribution in [0, 0.1) is 17.1 Å². The van der Waals surface area contributed by atoms with Gasteiger partial charge in [-0.15, -0.1) is 0 Å². The second-order valence-electron chi connectivity index (χ2n) is 7.04. The Morgan fingerprint density at radius 3 is 2.48 bits per heavy atom. The van der Waals surface area contributed by atoms with Gasteiger partial charge in [0.1, 0.15) is 23.2 Å². The molecule has 0 aliphatic carbocycles. The number of alkyl halides is 3. The molecule has 3 aromatic rings. The average Bonchev–Trinajstić information content (AvgIpc) is 2.79. The first kappa shape index (κ1) is 23.5. The largest absolute Gasteiger partial charge is 0.497 e. The molecule has 33 heavy (non-hydrogen) atoms. The summed E-state index contributed by atoms with van der Waals surface area (Å²) >= 11 is 0. The summed E-state index contributed by atoms with van der Waals surface area (Å²) in [5.41, 5.74) is 0.121. The molecule has 3 aromatic carbocycles. The molecule has 0 unspecified atom stereocenters. The molecule has 0 heterocycles. The Balaban J connectivity index is 1.92. The van der Waals surface area contributed by atoms with E-state index in [1.807, 2.05) is 0 Å². The van der Waals surface area contributed by atoms with Crippen LogP contribution in [0.2, 0.25) is 0 Å². The topological polar surface area (TPSA) is 62.1 Å². The van der Waals surface area contributed by atoms with Crippen LogP contribution in [0.5, 0.6) is 5.75 Å². The molecule has 1 amide bonds. The van der Waals surface area contributed by atoms with Gasteiger partial charge in [0, 0.05) is 12.1 Å². The molecule has 8 heteroatoms. The minimum atomic E-state index is -4.57. The number of amides is 1. The highest BCUT2D eigenvalue weighted by Crippen LogP contribution is 2.31. The minimum Gasteiger partial charge on any atom is -0.497 e. The van der Waals surface area contributed by atoms with Gasteiger partial charge in [-0.3, -0.25) is 4.79 Å². The maximum Gasteiger partial charge on any atom is 0.416 e. The van der Waals surface area contributed by atoms with Gasteiger partial charge >= 0.3 is 6.18 Å². The molecule has 0 radical (unpaired) electrons. The smallest absolute Gasteiger partial charge is 0.416 e. The van der Waals surface area contributed by atoms with Crippen LogP contribution >= 0.6 is 0 Å². The molecular formula is C25H18F4N2O2. The van der Waals surface area contributed by atoms with E-state index in [1.165, 1.54) is 25.3 Å². The molecule has 0 aliphatic rings. The van der Waals surface area contributed by atoms with Gasteiger partial charge in [0.05, 0.1) is 12.7 Å². The van der Waals surface area contributed by atoms with E-state index in [4.69, 9.17) is 4.74 Å². The highest BCUT2D eigenvalue weighted by Gasteiger charge is 2.30. The summed E-state index contributed by atoms with van der Waals surface area (Å²) in [4.78, 5) is 12.6. The van der Waals surface area contributed by atoms with Gasteiger partial charge in [0.15, 0.2) is 0 Å². The molecule has 4 nitrogen and oxygen atoms in total. The normalized spacial score (nSPS) is 11.6. The molecule has 0 aromatic heterocycles. The zero-order valence-electron chi connectivity index (χ0n) is 17.4. The maximum atomic E-state index is 14.2. The predicted molar refractivity (Wildman–Crippen MR) is 116 cm³/mol. The number of benzene rings is 3. The number of ether oxygens (including phenoxy) is 1. The average molecular weight is 454 g/mol. The van der Waals surface area contributed by atoms with Crippen LogP contribution in [0.4, 0.5) is 23.2 Å². The highest BCUT2D eigenvalue weighted by molar-refractivity contribution is 6.09. The van der Waals surface area contributed by atoms with Gasteiger partial charge in [-0.25, -0.2) is 4.39 Å². The van der Waals surface area contributed by atoms with Crippen molar-refractivity contribution in [3.05, 3.63) is 100 Å². The summed E-state index contributed by atoms with van der Waals surface area (Å²) in [6.45, 7) is 0. The molecule has 0 saturated heterocycles. The molecule has 0 saturated carbocycles. The predicted octanol–water partition coefficient (Wildman–Crippen LogP) is 5.99. The number of hydrogen-bond acceptors (Lipinski definition) is 3. The lowest BCUT2D eigenvalue weighted by molar-refractivity contribution is -0.137. The van der Waals surface area contributed by atoms with Gasteiger partial charge in [-0.05, 0) is 59.2 Å². The van der Waals surface area contributed by atoms with Crippen molar-refractivity contribution in [3.63, 3.8) is 0 Å². The van der Waals surface area contributed by atoms with E-state index in [9.17, 15) is 27.6 Å². The monoisotopic (exact) mass is 454 g/mol. The lowest BCUT2D eigenvalue weighted by Crippen LogP contribution is -2.14. The van der Waals surface area contributed by atoms with Gasteiger partial charge in [-0.1, -0.05) is 30.3 Å². The summed E-state index contributed by atoms with van der Waals surface area (Å²) in [5, 5.41) is 11.8. The lowest BCUT2D eigenvalue weighted by atomic mass is 9.97.